The van der Waals surface area contributed by atoms with E-state index in [0.29, 0.717) is 6.42 Å². The molecule has 102 valence electrons. The van der Waals surface area contributed by atoms with Crippen molar-refractivity contribution in [1.82, 2.24) is 0 Å². The predicted molar refractivity (Wildman–Crippen MR) is 62.9 cm³/mol. The average molecular weight is 252 g/mol. The van der Waals surface area contributed by atoms with Crippen molar-refractivity contribution in [3.63, 3.8) is 0 Å². The summed E-state index contributed by atoms with van der Waals surface area (Å²) < 4.78 is 35.5. The highest BCUT2D eigenvalue weighted by atomic mass is 19.4. The number of ketones is 1. The summed E-state index contributed by atoms with van der Waals surface area (Å²) in [5.41, 5.74) is 0. The van der Waals surface area contributed by atoms with Gasteiger partial charge in [-0.3, -0.25) is 4.79 Å². The van der Waals surface area contributed by atoms with Crippen LogP contribution in [0.5, 0.6) is 0 Å². The number of Topliss-reactive ketones (excluding diaryl/α,β-unsaturated/α-hetero) is 1. The van der Waals surface area contributed by atoms with Gasteiger partial charge in [-0.05, 0) is 6.42 Å². The van der Waals surface area contributed by atoms with Crippen molar-refractivity contribution in [3.05, 3.63) is 0 Å². The lowest BCUT2D eigenvalue weighted by Crippen LogP contribution is -2.14. The maximum absolute atomic E-state index is 11.8. The van der Waals surface area contributed by atoms with Crippen LogP contribution in [0, 0.1) is 0 Å². The molecule has 0 saturated heterocycles. The normalized spacial score (nSPS) is 11.8. The largest absolute Gasteiger partial charge is 0.395 e. The summed E-state index contributed by atoms with van der Waals surface area (Å²) in [6, 6.07) is 0. The van der Waals surface area contributed by atoms with Gasteiger partial charge in [0.2, 0.25) is 0 Å². The van der Waals surface area contributed by atoms with Crippen LogP contribution in [0.2, 0.25) is 0 Å². The lowest BCUT2D eigenvalue weighted by Gasteiger charge is -2.05. The molecule has 0 bridgehead atoms. The molecule has 0 unspecified atom stereocenters. The van der Waals surface area contributed by atoms with E-state index in [9.17, 15) is 18.0 Å². The van der Waals surface area contributed by atoms with Crippen LogP contribution in [0.25, 0.3) is 0 Å². The number of carbonyl (C=O) groups is 1. The fourth-order valence-electron chi connectivity index (χ4n) is 1.77. The number of alkyl halides is 3. The number of halogens is 3. The molecule has 0 aromatic rings. The van der Waals surface area contributed by atoms with E-state index in [0.717, 1.165) is 19.3 Å². The van der Waals surface area contributed by atoms with Crippen LogP contribution in [0.4, 0.5) is 13.2 Å². The number of hydrogen-bond acceptors (Lipinski definition) is 1. The van der Waals surface area contributed by atoms with Crippen molar-refractivity contribution in [1.29, 1.82) is 0 Å². The van der Waals surface area contributed by atoms with E-state index < -0.39 is 18.4 Å². The Bertz CT molecular complexity index is 199. The van der Waals surface area contributed by atoms with Gasteiger partial charge in [0.05, 0.1) is 0 Å². The van der Waals surface area contributed by atoms with E-state index in [1.54, 1.807) is 0 Å². The summed E-state index contributed by atoms with van der Waals surface area (Å²) in [6.07, 6.45) is 3.02. The predicted octanol–water partition coefficient (Wildman–Crippen LogP) is 5.04. The highest BCUT2D eigenvalue weighted by molar-refractivity contribution is 5.78. The third kappa shape index (κ3) is 13.4. The third-order valence-electron chi connectivity index (χ3n) is 2.71. The Labute approximate surface area is 102 Å². The molecule has 0 rings (SSSR count). The SMILES string of the molecule is CCCCCCCCCCC(=O)CC(F)(F)F. The molecule has 0 fully saturated rings. The molecule has 0 spiro atoms. The molecule has 1 nitrogen and oxygen atoms in total. The van der Waals surface area contributed by atoms with Crippen molar-refractivity contribution in [2.75, 3.05) is 0 Å². The minimum absolute atomic E-state index is 0.0778. The molecule has 0 aliphatic heterocycles. The molecular formula is C13H23F3O. The van der Waals surface area contributed by atoms with Gasteiger partial charge in [0.25, 0.3) is 0 Å². The van der Waals surface area contributed by atoms with Gasteiger partial charge in [-0.1, -0.05) is 51.9 Å². The zero-order valence-electron chi connectivity index (χ0n) is 10.6. The van der Waals surface area contributed by atoms with E-state index in [4.69, 9.17) is 0 Å². The van der Waals surface area contributed by atoms with Gasteiger partial charge >= 0.3 is 6.18 Å². The lowest BCUT2D eigenvalue weighted by molar-refractivity contribution is -0.152. The van der Waals surface area contributed by atoms with Crippen LogP contribution in [-0.2, 0) is 4.79 Å². The molecule has 0 aliphatic rings. The summed E-state index contributed by atoms with van der Waals surface area (Å²) in [5.74, 6) is -0.677. The van der Waals surface area contributed by atoms with Crippen molar-refractivity contribution in [2.24, 2.45) is 0 Å². The Morgan fingerprint density at radius 3 is 1.82 bits per heavy atom. The van der Waals surface area contributed by atoms with Crippen molar-refractivity contribution < 1.29 is 18.0 Å². The summed E-state index contributed by atoms with van der Waals surface area (Å²) in [5, 5.41) is 0. The molecule has 0 N–H and O–H groups in total. The second-order valence-electron chi connectivity index (χ2n) is 4.56. The zero-order valence-corrected chi connectivity index (χ0v) is 10.6. The molecule has 0 heterocycles. The van der Waals surface area contributed by atoms with Crippen LogP contribution in [-0.4, -0.2) is 12.0 Å². The van der Waals surface area contributed by atoms with Gasteiger partial charge in [-0.25, -0.2) is 0 Å². The second-order valence-corrected chi connectivity index (χ2v) is 4.56. The van der Waals surface area contributed by atoms with E-state index in [2.05, 4.69) is 6.92 Å². The molecule has 0 radical (unpaired) electrons. The molecule has 0 saturated carbocycles. The molecule has 0 amide bonds. The molecule has 0 aromatic heterocycles. The van der Waals surface area contributed by atoms with Crippen LogP contribution >= 0.6 is 0 Å². The first kappa shape index (κ1) is 16.5. The molecule has 0 aromatic carbocycles. The quantitative estimate of drug-likeness (QED) is 0.498. The van der Waals surface area contributed by atoms with Gasteiger partial charge < -0.3 is 0 Å². The van der Waals surface area contributed by atoms with Crippen molar-refractivity contribution >= 4 is 5.78 Å². The highest BCUT2D eigenvalue weighted by Crippen LogP contribution is 2.21. The molecule has 0 atom stereocenters. The fraction of sp³-hybridized carbons (Fsp3) is 0.923. The van der Waals surface area contributed by atoms with Crippen molar-refractivity contribution in [2.45, 2.75) is 77.3 Å². The van der Waals surface area contributed by atoms with Gasteiger partial charge in [0, 0.05) is 6.42 Å². The van der Waals surface area contributed by atoms with E-state index >= 15 is 0 Å². The Balaban J connectivity index is 3.25. The van der Waals surface area contributed by atoms with E-state index in [1.807, 2.05) is 0 Å². The van der Waals surface area contributed by atoms with Gasteiger partial charge in [0.1, 0.15) is 12.2 Å². The lowest BCUT2D eigenvalue weighted by atomic mass is 10.1. The average Bonchev–Trinajstić information content (AvgIpc) is 2.19. The summed E-state index contributed by atoms with van der Waals surface area (Å²) in [7, 11) is 0. The number of carbonyl (C=O) groups excluding carboxylic acids is 1. The van der Waals surface area contributed by atoms with Crippen LogP contribution in [0.3, 0.4) is 0 Å². The summed E-state index contributed by atoms with van der Waals surface area (Å²) >= 11 is 0. The van der Waals surface area contributed by atoms with Crippen molar-refractivity contribution in [3.8, 4) is 0 Å². The fourth-order valence-corrected chi connectivity index (χ4v) is 1.77. The standard InChI is InChI=1S/C13H23F3O/c1-2-3-4-5-6-7-8-9-10-12(17)11-13(14,15)16/h2-11H2,1H3. The maximum atomic E-state index is 11.8. The number of hydrogen-bond donors (Lipinski definition) is 0. The monoisotopic (exact) mass is 252 g/mol. The first-order valence-corrected chi connectivity index (χ1v) is 6.54. The first-order chi connectivity index (χ1) is 7.95. The third-order valence-corrected chi connectivity index (χ3v) is 2.71. The minimum Gasteiger partial charge on any atom is -0.299 e. The number of unbranched alkanes of at least 4 members (excludes halogenated alkanes) is 7. The topological polar surface area (TPSA) is 17.1 Å². The molecule has 4 heteroatoms. The first-order valence-electron chi connectivity index (χ1n) is 6.54. The summed E-state index contributed by atoms with van der Waals surface area (Å²) in [6.45, 7) is 2.16. The molecule has 0 aliphatic carbocycles. The Morgan fingerprint density at radius 2 is 1.35 bits per heavy atom. The Hall–Kier alpha value is -0.540. The minimum atomic E-state index is -4.34. The van der Waals surface area contributed by atoms with Crippen LogP contribution < -0.4 is 0 Å². The highest BCUT2D eigenvalue weighted by Gasteiger charge is 2.30. The molecular weight excluding hydrogens is 229 g/mol. The second kappa shape index (κ2) is 9.49. The zero-order chi connectivity index (χ0) is 13.1. The van der Waals surface area contributed by atoms with Gasteiger partial charge in [-0.2, -0.15) is 13.2 Å². The smallest absolute Gasteiger partial charge is 0.299 e. The van der Waals surface area contributed by atoms with Crippen LogP contribution in [0.1, 0.15) is 71.1 Å². The molecule has 17 heavy (non-hydrogen) atoms. The Kier molecular flexibility index (Phi) is 9.18. The van der Waals surface area contributed by atoms with Crippen LogP contribution in [0.15, 0.2) is 0 Å². The van der Waals surface area contributed by atoms with Gasteiger partial charge in [0.15, 0.2) is 0 Å². The van der Waals surface area contributed by atoms with Gasteiger partial charge in [-0.15, -0.1) is 0 Å². The van der Waals surface area contributed by atoms with E-state index in [-0.39, 0.29) is 6.42 Å². The van der Waals surface area contributed by atoms with E-state index in [1.165, 1.54) is 25.7 Å². The Morgan fingerprint density at radius 1 is 0.882 bits per heavy atom. The maximum Gasteiger partial charge on any atom is 0.395 e. The number of rotatable bonds is 10. The summed E-state index contributed by atoms with van der Waals surface area (Å²) in [4.78, 5) is 10.9.